The Labute approximate surface area is 215 Å². The lowest BCUT2D eigenvalue weighted by molar-refractivity contribution is -0.655. The summed E-state index contributed by atoms with van der Waals surface area (Å²) >= 11 is 0. The van der Waals surface area contributed by atoms with E-state index in [1.54, 1.807) is 7.11 Å². The first kappa shape index (κ1) is 28.5. The maximum Gasteiger partial charge on any atom is 0.348 e. The third-order valence-corrected chi connectivity index (χ3v) is 6.21. The van der Waals surface area contributed by atoms with Crippen LogP contribution >= 0.6 is 0 Å². The number of rotatable bonds is 15. The van der Waals surface area contributed by atoms with Crippen molar-refractivity contribution in [2.24, 2.45) is 7.05 Å². The summed E-state index contributed by atoms with van der Waals surface area (Å²) in [5.74, 6) is 2.22. The number of carbonyl (C=O) groups excluding carboxylic acids is 1. The molecule has 0 bridgehead atoms. The number of para-hydroxylation sites is 2. The zero-order valence-electron chi connectivity index (χ0n) is 21.3. The molecule has 3 aromatic rings. The summed E-state index contributed by atoms with van der Waals surface area (Å²) in [4.78, 5) is 12.7. The highest BCUT2D eigenvalue weighted by atomic mass is 35.5. The summed E-state index contributed by atoms with van der Waals surface area (Å²) in [6.45, 7) is 3.22. The summed E-state index contributed by atoms with van der Waals surface area (Å²) in [5.41, 5.74) is 2.04. The van der Waals surface area contributed by atoms with Crippen LogP contribution < -0.4 is 26.4 Å². The van der Waals surface area contributed by atoms with Crippen LogP contribution in [-0.4, -0.2) is 24.3 Å². The van der Waals surface area contributed by atoms with Gasteiger partial charge in [-0.05, 0) is 42.8 Å². The number of benzene rings is 2. The molecular formula is C28H39ClN2O4. The van der Waals surface area contributed by atoms with Crippen LogP contribution in [0.1, 0.15) is 64.1 Å². The smallest absolute Gasteiger partial charge is 0.348 e. The van der Waals surface area contributed by atoms with Crippen molar-refractivity contribution in [1.82, 2.24) is 4.57 Å². The number of aromatic nitrogens is 2. The fourth-order valence-corrected chi connectivity index (χ4v) is 4.20. The molecule has 0 saturated heterocycles. The van der Waals surface area contributed by atoms with Gasteiger partial charge in [0.1, 0.15) is 11.5 Å². The lowest BCUT2D eigenvalue weighted by Crippen LogP contribution is -3.00. The van der Waals surface area contributed by atoms with Crippen LogP contribution in [0.15, 0.2) is 48.5 Å². The van der Waals surface area contributed by atoms with Gasteiger partial charge in [-0.2, -0.15) is 0 Å². The van der Waals surface area contributed by atoms with Crippen LogP contribution in [0.2, 0.25) is 0 Å². The molecule has 0 spiro atoms. The van der Waals surface area contributed by atoms with Gasteiger partial charge in [-0.15, -0.1) is 0 Å². The second kappa shape index (κ2) is 15.3. The molecule has 0 amide bonds. The largest absolute Gasteiger partial charge is 1.00 e. The highest BCUT2D eigenvalue weighted by molar-refractivity contribution is 5.76. The maximum atomic E-state index is 12.7. The molecule has 0 aliphatic carbocycles. The van der Waals surface area contributed by atoms with Crippen molar-refractivity contribution in [2.75, 3.05) is 13.7 Å². The third-order valence-electron chi connectivity index (χ3n) is 6.21. The Morgan fingerprint density at radius 2 is 1.51 bits per heavy atom. The van der Waals surface area contributed by atoms with Crippen LogP contribution in [0, 0.1) is 0 Å². The van der Waals surface area contributed by atoms with Gasteiger partial charge in [0.25, 0.3) is 5.82 Å². The lowest BCUT2D eigenvalue weighted by atomic mass is 10.1. The maximum absolute atomic E-state index is 12.7. The average molecular weight is 503 g/mol. The molecule has 0 unspecified atom stereocenters. The topological polar surface area (TPSA) is 53.6 Å². The van der Waals surface area contributed by atoms with Gasteiger partial charge in [0.05, 0.1) is 20.8 Å². The monoisotopic (exact) mass is 502 g/mol. The number of ether oxygens (including phenoxy) is 3. The van der Waals surface area contributed by atoms with Gasteiger partial charge in [0.15, 0.2) is 24.2 Å². The Hall–Kier alpha value is -2.73. The Bertz CT molecular complexity index is 1030. The number of halogens is 1. The first-order valence-electron chi connectivity index (χ1n) is 12.5. The fraction of sp³-hybridized carbons (Fsp3) is 0.500. The van der Waals surface area contributed by atoms with E-state index in [4.69, 9.17) is 14.2 Å². The van der Waals surface area contributed by atoms with E-state index in [1.807, 2.05) is 54.1 Å². The number of unbranched alkanes of at least 4 members (excludes halogenated alkanes) is 7. The van der Waals surface area contributed by atoms with Gasteiger partial charge in [-0.1, -0.05) is 64.0 Å². The molecular weight excluding hydrogens is 464 g/mol. The van der Waals surface area contributed by atoms with Crippen molar-refractivity contribution in [3.63, 3.8) is 0 Å². The molecule has 0 fully saturated rings. The van der Waals surface area contributed by atoms with Gasteiger partial charge in [0.2, 0.25) is 0 Å². The van der Waals surface area contributed by atoms with E-state index in [-0.39, 0.29) is 24.9 Å². The van der Waals surface area contributed by atoms with E-state index in [2.05, 4.69) is 17.6 Å². The Morgan fingerprint density at radius 3 is 2.20 bits per heavy atom. The summed E-state index contributed by atoms with van der Waals surface area (Å²) in [6.07, 6.45) is 9.78. The minimum absolute atomic E-state index is 0. The number of nitrogens with zero attached hydrogens (tertiary/aromatic N) is 2. The molecule has 7 heteroatoms. The minimum Gasteiger partial charge on any atom is -1.00 e. The fourth-order valence-electron chi connectivity index (χ4n) is 4.20. The van der Waals surface area contributed by atoms with Gasteiger partial charge in [-0.25, -0.2) is 13.9 Å². The molecule has 0 aliphatic rings. The van der Waals surface area contributed by atoms with Crippen LogP contribution in [0.4, 0.5) is 0 Å². The van der Waals surface area contributed by atoms with Crippen molar-refractivity contribution in [2.45, 2.75) is 71.4 Å². The zero-order chi connectivity index (χ0) is 24.2. The van der Waals surface area contributed by atoms with Gasteiger partial charge >= 0.3 is 5.97 Å². The van der Waals surface area contributed by atoms with Crippen molar-refractivity contribution < 1.29 is 36.0 Å². The predicted molar refractivity (Wildman–Crippen MR) is 134 cm³/mol. The van der Waals surface area contributed by atoms with E-state index in [9.17, 15) is 4.79 Å². The van der Waals surface area contributed by atoms with Gasteiger partial charge in [0, 0.05) is 0 Å². The molecule has 1 aromatic heterocycles. The summed E-state index contributed by atoms with van der Waals surface area (Å²) in [6, 6.07) is 15.6. The molecule has 192 valence electrons. The van der Waals surface area contributed by atoms with Crippen molar-refractivity contribution in [3.05, 3.63) is 54.4 Å². The molecule has 0 radical (unpaired) electrons. The number of carbonyl (C=O) groups is 1. The van der Waals surface area contributed by atoms with E-state index in [1.165, 1.54) is 38.5 Å². The normalized spacial score (nSPS) is 10.7. The molecule has 35 heavy (non-hydrogen) atoms. The van der Waals surface area contributed by atoms with Crippen LogP contribution in [0.3, 0.4) is 0 Å². The first-order valence-corrected chi connectivity index (χ1v) is 12.5. The molecule has 0 N–H and O–H groups in total. The van der Waals surface area contributed by atoms with Crippen molar-refractivity contribution in [3.8, 4) is 11.5 Å². The first-order chi connectivity index (χ1) is 16.6. The molecule has 0 aliphatic heterocycles. The Kier molecular flexibility index (Phi) is 12.5. The number of imidazole rings is 1. The quantitative estimate of drug-likeness (QED) is 0.182. The number of esters is 1. The Balaban J connectivity index is 0.00000432. The van der Waals surface area contributed by atoms with E-state index in [0.29, 0.717) is 13.2 Å². The number of hydrogen-bond donors (Lipinski definition) is 0. The highest BCUT2D eigenvalue weighted by Crippen LogP contribution is 2.20. The molecule has 2 aromatic carbocycles. The second-order valence-corrected chi connectivity index (χ2v) is 8.71. The molecule has 0 saturated carbocycles. The summed E-state index contributed by atoms with van der Waals surface area (Å²) in [7, 11) is 3.64. The SMILES string of the molecule is CCCCCCCCCCOC(=O)Cn1c(COc2ccc(OC)cc2)[n+](C)c2ccccc21.[Cl-]. The van der Waals surface area contributed by atoms with Crippen molar-refractivity contribution >= 4 is 17.0 Å². The minimum atomic E-state index is -0.213. The third kappa shape index (κ3) is 8.46. The standard InChI is InChI=1S/C28H39N2O4.ClH/c1-4-5-6-7-8-9-10-13-20-33-28(31)21-30-26-15-12-11-14-25(26)29(2)27(30)22-34-24-18-16-23(32-3)17-19-24;/h11-12,14-19H,4-10,13,20-22H2,1-3H3;1H/q+1;/p-1. The number of fused-ring (bicyclic) bond motifs is 1. The number of methoxy groups -OCH3 is 1. The average Bonchev–Trinajstić information content (AvgIpc) is 3.12. The van der Waals surface area contributed by atoms with Gasteiger partial charge in [-0.3, -0.25) is 0 Å². The van der Waals surface area contributed by atoms with E-state index < -0.39 is 0 Å². The van der Waals surface area contributed by atoms with E-state index >= 15 is 0 Å². The zero-order valence-corrected chi connectivity index (χ0v) is 22.1. The summed E-state index contributed by atoms with van der Waals surface area (Å²) < 4.78 is 20.9. The number of aryl methyl sites for hydroxylation is 1. The number of hydrogen-bond acceptors (Lipinski definition) is 4. The molecule has 3 rings (SSSR count). The highest BCUT2D eigenvalue weighted by Gasteiger charge is 2.25. The molecule has 0 atom stereocenters. The second-order valence-electron chi connectivity index (χ2n) is 8.71. The summed E-state index contributed by atoms with van der Waals surface area (Å²) in [5, 5.41) is 0. The molecule has 1 heterocycles. The van der Waals surface area contributed by atoms with E-state index in [0.717, 1.165) is 41.2 Å². The van der Waals surface area contributed by atoms with Crippen LogP contribution in [0.5, 0.6) is 11.5 Å². The van der Waals surface area contributed by atoms with Crippen LogP contribution in [-0.2, 0) is 29.7 Å². The Morgan fingerprint density at radius 1 is 0.886 bits per heavy atom. The predicted octanol–water partition coefficient (Wildman–Crippen LogP) is 2.74. The van der Waals surface area contributed by atoms with Crippen LogP contribution in [0.25, 0.3) is 11.0 Å². The van der Waals surface area contributed by atoms with Gasteiger partial charge < -0.3 is 26.6 Å². The molecule has 6 nitrogen and oxygen atoms in total. The van der Waals surface area contributed by atoms with Crippen molar-refractivity contribution in [1.29, 1.82) is 0 Å². The lowest BCUT2D eigenvalue weighted by Gasteiger charge is -2.08.